The van der Waals surface area contributed by atoms with Gasteiger partial charge in [0.25, 0.3) is 0 Å². The summed E-state index contributed by atoms with van der Waals surface area (Å²) in [6, 6.07) is 0. The number of halogens is 3. The van der Waals surface area contributed by atoms with Gasteiger partial charge in [-0.25, -0.2) is 4.79 Å². The van der Waals surface area contributed by atoms with Crippen molar-refractivity contribution in [2.24, 2.45) is 17.8 Å². The highest BCUT2D eigenvalue weighted by atomic mass is 19.4. The molecule has 0 aromatic carbocycles. The van der Waals surface area contributed by atoms with Gasteiger partial charge in [0, 0.05) is 0 Å². The minimum Gasteiger partial charge on any atom is -0.446 e. The molecule has 0 aromatic heterocycles. The van der Waals surface area contributed by atoms with Crippen LogP contribution in [0.3, 0.4) is 0 Å². The number of alkyl halides is 3. The van der Waals surface area contributed by atoms with E-state index in [1.165, 1.54) is 5.32 Å². The lowest BCUT2D eigenvalue weighted by molar-refractivity contribution is -0.173. The maximum atomic E-state index is 12.0. The van der Waals surface area contributed by atoms with Gasteiger partial charge in [0.2, 0.25) is 0 Å². The first kappa shape index (κ1) is 16.8. The van der Waals surface area contributed by atoms with E-state index in [1.807, 2.05) is 20.8 Å². The number of carbonyl (C=O) groups excluding carboxylic acids is 2. The Hall–Kier alpha value is -1.27. The van der Waals surface area contributed by atoms with Crippen LogP contribution in [0.2, 0.25) is 0 Å². The highest BCUT2D eigenvalue weighted by molar-refractivity contribution is 5.94. The van der Waals surface area contributed by atoms with Gasteiger partial charge in [0.15, 0.2) is 0 Å². The van der Waals surface area contributed by atoms with E-state index in [1.54, 1.807) is 0 Å². The molecule has 4 nitrogen and oxygen atoms in total. The van der Waals surface area contributed by atoms with Crippen LogP contribution in [0.4, 0.5) is 18.0 Å². The highest BCUT2D eigenvalue weighted by Gasteiger charge is 2.41. The fourth-order valence-electron chi connectivity index (χ4n) is 2.58. The number of ether oxygens (including phenoxy) is 1. The van der Waals surface area contributed by atoms with Crippen molar-refractivity contribution in [3.63, 3.8) is 0 Å². The number of hydrogen-bond donors (Lipinski definition) is 1. The van der Waals surface area contributed by atoms with E-state index in [9.17, 15) is 22.8 Å². The van der Waals surface area contributed by atoms with Crippen LogP contribution in [0.1, 0.15) is 40.0 Å². The molecule has 2 amide bonds. The van der Waals surface area contributed by atoms with Gasteiger partial charge < -0.3 is 4.74 Å². The van der Waals surface area contributed by atoms with Gasteiger partial charge in [-0.2, -0.15) is 13.2 Å². The van der Waals surface area contributed by atoms with Crippen LogP contribution in [0.25, 0.3) is 0 Å². The van der Waals surface area contributed by atoms with E-state index in [2.05, 4.69) is 0 Å². The molecule has 0 unspecified atom stereocenters. The first-order valence-electron chi connectivity index (χ1n) is 6.70. The molecule has 1 aliphatic carbocycles. The van der Waals surface area contributed by atoms with Gasteiger partial charge in [-0.1, -0.05) is 27.2 Å². The number of carbonyl (C=O) groups is 2. The summed E-state index contributed by atoms with van der Waals surface area (Å²) in [5.74, 6) is -1.58. The fraction of sp³-hybridized carbons (Fsp3) is 0.846. The molecule has 0 bridgehead atoms. The summed E-state index contributed by atoms with van der Waals surface area (Å²) >= 11 is 0. The standard InChI is InChI=1S/C13H20F3NO3/c1-7(2)9-5-4-8(3)6-10(9)20-12(19)17-11(18)13(14,15)16/h7-10H,4-6H2,1-3H3,(H,17,18,19)/t8-,9-,10-/m1/s1. The fourth-order valence-corrected chi connectivity index (χ4v) is 2.58. The molecule has 1 saturated carbocycles. The Labute approximate surface area is 116 Å². The van der Waals surface area contributed by atoms with E-state index in [4.69, 9.17) is 4.74 Å². The highest BCUT2D eigenvalue weighted by Crippen LogP contribution is 2.35. The average Bonchev–Trinajstić information content (AvgIpc) is 2.26. The zero-order valence-corrected chi connectivity index (χ0v) is 11.8. The lowest BCUT2D eigenvalue weighted by Gasteiger charge is -2.36. The van der Waals surface area contributed by atoms with Crippen molar-refractivity contribution in [1.82, 2.24) is 5.32 Å². The maximum absolute atomic E-state index is 12.0. The van der Waals surface area contributed by atoms with Crippen LogP contribution < -0.4 is 5.32 Å². The summed E-state index contributed by atoms with van der Waals surface area (Å²) in [6.07, 6.45) is -4.38. The van der Waals surface area contributed by atoms with Crippen LogP contribution in [0.15, 0.2) is 0 Å². The summed E-state index contributed by atoms with van der Waals surface area (Å²) in [6.45, 7) is 5.97. The van der Waals surface area contributed by atoms with Gasteiger partial charge in [-0.15, -0.1) is 0 Å². The third-order valence-electron chi connectivity index (χ3n) is 3.69. The van der Waals surface area contributed by atoms with Crippen molar-refractivity contribution in [1.29, 1.82) is 0 Å². The Morgan fingerprint density at radius 3 is 2.35 bits per heavy atom. The summed E-state index contributed by atoms with van der Waals surface area (Å²) in [7, 11) is 0. The second-order valence-corrected chi connectivity index (χ2v) is 5.72. The van der Waals surface area contributed by atoms with Crippen LogP contribution in [-0.4, -0.2) is 24.3 Å². The molecule has 0 heterocycles. The lowest BCUT2D eigenvalue weighted by Crippen LogP contribution is -2.44. The summed E-state index contributed by atoms with van der Waals surface area (Å²) in [5.41, 5.74) is 0. The molecule has 0 aliphatic heterocycles. The third kappa shape index (κ3) is 4.68. The van der Waals surface area contributed by atoms with E-state index < -0.39 is 24.3 Å². The molecule has 0 radical (unpaired) electrons. The Kier molecular flexibility index (Phi) is 5.42. The molecule has 1 N–H and O–H groups in total. The molecule has 20 heavy (non-hydrogen) atoms. The first-order valence-corrected chi connectivity index (χ1v) is 6.70. The largest absolute Gasteiger partial charge is 0.471 e. The monoisotopic (exact) mass is 295 g/mol. The lowest BCUT2D eigenvalue weighted by atomic mass is 9.75. The molecule has 3 atom stereocenters. The second-order valence-electron chi connectivity index (χ2n) is 5.72. The first-order chi connectivity index (χ1) is 9.11. The third-order valence-corrected chi connectivity index (χ3v) is 3.69. The van der Waals surface area contributed by atoms with Crippen molar-refractivity contribution < 1.29 is 27.5 Å². The number of imide groups is 1. The van der Waals surface area contributed by atoms with Crippen LogP contribution in [-0.2, 0) is 9.53 Å². The normalized spacial score (nSPS) is 27.2. The Bertz CT molecular complexity index is 368. The molecule has 1 rings (SSSR count). The van der Waals surface area contributed by atoms with Gasteiger partial charge >= 0.3 is 18.2 Å². The van der Waals surface area contributed by atoms with E-state index >= 15 is 0 Å². The molecule has 1 aliphatic rings. The van der Waals surface area contributed by atoms with E-state index in [0.717, 1.165) is 12.8 Å². The molecular formula is C13H20F3NO3. The number of alkyl carbamates (subject to hydrolysis) is 1. The van der Waals surface area contributed by atoms with Crippen LogP contribution in [0, 0.1) is 17.8 Å². The van der Waals surface area contributed by atoms with Crippen molar-refractivity contribution in [3.8, 4) is 0 Å². The topological polar surface area (TPSA) is 55.4 Å². The van der Waals surface area contributed by atoms with Gasteiger partial charge in [-0.3, -0.25) is 10.1 Å². The predicted molar refractivity (Wildman–Crippen MR) is 65.8 cm³/mol. The van der Waals surface area contributed by atoms with Gasteiger partial charge in [0.1, 0.15) is 6.10 Å². The smallest absolute Gasteiger partial charge is 0.446 e. The molecule has 0 aromatic rings. The average molecular weight is 295 g/mol. The van der Waals surface area contributed by atoms with E-state index in [-0.39, 0.29) is 11.8 Å². The molecule has 116 valence electrons. The van der Waals surface area contributed by atoms with Crippen LogP contribution in [0.5, 0.6) is 0 Å². The minimum absolute atomic E-state index is 0.109. The van der Waals surface area contributed by atoms with Crippen molar-refractivity contribution in [3.05, 3.63) is 0 Å². The van der Waals surface area contributed by atoms with Crippen LogP contribution >= 0.6 is 0 Å². The number of hydrogen-bond acceptors (Lipinski definition) is 3. The zero-order valence-electron chi connectivity index (χ0n) is 11.8. The van der Waals surface area contributed by atoms with Crippen molar-refractivity contribution >= 4 is 12.0 Å². The summed E-state index contributed by atoms with van der Waals surface area (Å²) in [5, 5.41) is 1.22. The molecule has 7 heteroatoms. The SMILES string of the molecule is CC(C)[C@H]1CC[C@@H](C)C[C@H]1OC(=O)NC(=O)C(F)(F)F. The number of rotatable bonds is 2. The van der Waals surface area contributed by atoms with Gasteiger partial charge in [-0.05, 0) is 30.6 Å². The Morgan fingerprint density at radius 2 is 1.85 bits per heavy atom. The Balaban J connectivity index is 2.60. The molecular weight excluding hydrogens is 275 g/mol. The minimum atomic E-state index is -5.09. The summed E-state index contributed by atoms with van der Waals surface area (Å²) in [4.78, 5) is 22.0. The number of nitrogens with one attached hydrogen (secondary N) is 1. The molecule has 1 fully saturated rings. The maximum Gasteiger partial charge on any atom is 0.471 e. The van der Waals surface area contributed by atoms with Gasteiger partial charge in [0.05, 0.1) is 0 Å². The quantitative estimate of drug-likeness (QED) is 0.850. The number of amides is 2. The summed E-state index contributed by atoms with van der Waals surface area (Å²) < 4.78 is 41.1. The second kappa shape index (κ2) is 6.45. The zero-order chi connectivity index (χ0) is 15.5. The van der Waals surface area contributed by atoms with E-state index in [0.29, 0.717) is 12.3 Å². The van der Waals surface area contributed by atoms with Crippen molar-refractivity contribution in [2.75, 3.05) is 0 Å². The predicted octanol–water partition coefficient (Wildman–Crippen LogP) is 3.26. The Morgan fingerprint density at radius 1 is 1.25 bits per heavy atom. The van der Waals surface area contributed by atoms with Crippen molar-refractivity contribution in [2.45, 2.75) is 52.3 Å². The molecule has 0 spiro atoms. The molecule has 0 saturated heterocycles.